The molecule has 1 aliphatic heterocycles. The Morgan fingerprint density at radius 3 is 2.81 bits per heavy atom. The summed E-state index contributed by atoms with van der Waals surface area (Å²) >= 11 is 0. The molecular weight excluding hydrogens is 196 g/mol. The molecule has 86 valence electrons. The first-order valence-electron chi connectivity index (χ1n) is 6.41. The highest BCUT2D eigenvalue weighted by atomic mass is 15.2. The lowest BCUT2D eigenvalue weighted by Crippen LogP contribution is -2.05. The van der Waals surface area contributed by atoms with Gasteiger partial charge in [0.2, 0.25) is 0 Å². The molecule has 0 fully saturated rings. The average Bonchev–Trinajstić information content (AvgIpc) is 2.18. The third-order valence-electron chi connectivity index (χ3n) is 3.13. The summed E-state index contributed by atoms with van der Waals surface area (Å²) in [5, 5.41) is 8.50. The second-order valence-electron chi connectivity index (χ2n) is 4.46. The fraction of sp³-hybridized carbons (Fsp3) is 0.571. The molecule has 0 spiro atoms. The highest BCUT2D eigenvalue weighted by Crippen LogP contribution is 2.18. The predicted octanol–water partition coefficient (Wildman–Crippen LogP) is 4.04. The van der Waals surface area contributed by atoms with Crippen LogP contribution in [-0.4, -0.2) is 11.9 Å². The van der Waals surface area contributed by atoms with Crippen LogP contribution in [0.1, 0.15) is 51.4 Å². The summed E-state index contributed by atoms with van der Waals surface area (Å²) in [6, 6.07) is 0. The maximum absolute atomic E-state index is 4.36. The molecule has 1 heterocycles. The molecule has 0 unspecified atom stereocenters. The van der Waals surface area contributed by atoms with Crippen molar-refractivity contribution in [3.8, 4) is 0 Å². The largest absolute Gasteiger partial charge is 0.163 e. The van der Waals surface area contributed by atoms with Gasteiger partial charge < -0.3 is 0 Å². The molecule has 0 saturated carbocycles. The Balaban J connectivity index is 2.13. The molecule has 0 aromatic carbocycles. The maximum atomic E-state index is 4.36. The van der Waals surface area contributed by atoms with Gasteiger partial charge in [-0.05, 0) is 56.9 Å². The van der Waals surface area contributed by atoms with Crippen LogP contribution in [0.5, 0.6) is 0 Å². The van der Waals surface area contributed by atoms with Crippen LogP contribution in [0.3, 0.4) is 0 Å². The Morgan fingerprint density at radius 1 is 0.938 bits per heavy atom. The van der Waals surface area contributed by atoms with Gasteiger partial charge in [0.15, 0.2) is 0 Å². The van der Waals surface area contributed by atoms with Crippen molar-refractivity contribution in [1.82, 2.24) is 0 Å². The zero-order valence-corrected chi connectivity index (χ0v) is 9.86. The molecule has 0 radical (unpaired) electrons. The fourth-order valence-electron chi connectivity index (χ4n) is 2.15. The summed E-state index contributed by atoms with van der Waals surface area (Å²) in [6.07, 6.45) is 18.2. The minimum atomic E-state index is 1.08. The van der Waals surface area contributed by atoms with Crippen LogP contribution in [-0.2, 0) is 0 Å². The zero-order valence-electron chi connectivity index (χ0n) is 9.86. The van der Waals surface area contributed by atoms with E-state index in [1.165, 1.54) is 49.8 Å². The van der Waals surface area contributed by atoms with E-state index in [4.69, 9.17) is 0 Å². The van der Waals surface area contributed by atoms with Crippen LogP contribution in [0, 0.1) is 0 Å². The molecule has 0 saturated heterocycles. The molecule has 16 heavy (non-hydrogen) atoms. The van der Waals surface area contributed by atoms with Crippen molar-refractivity contribution in [1.29, 1.82) is 0 Å². The van der Waals surface area contributed by atoms with Crippen LogP contribution < -0.4 is 0 Å². The Morgan fingerprint density at radius 2 is 1.81 bits per heavy atom. The van der Waals surface area contributed by atoms with Gasteiger partial charge in [-0.15, -0.1) is 0 Å². The van der Waals surface area contributed by atoms with Crippen LogP contribution in [0.2, 0.25) is 0 Å². The summed E-state index contributed by atoms with van der Waals surface area (Å²) in [5.74, 6) is 0. The van der Waals surface area contributed by atoms with Crippen molar-refractivity contribution in [2.75, 3.05) is 0 Å². The van der Waals surface area contributed by atoms with Gasteiger partial charge in [0.05, 0.1) is 5.71 Å². The van der Waals surface area contributed by atoms with E-state index < -0.39 is 0 Å². The molecule has 0 atom stereocenters. The average molecular weight is 216 g/mol. The van der Waals surface area contributed by atoms with Crippen molar-refractivity contribution in [2.45, 2.75) is 51.4 Å². The summed E-state index contributed by atoms with van der Waals surface area (Å²) in [5.41, 5.74) is 2.61. The number of hydrogen-bond acceptors (Lipinski definition) is 2. The van der Waals surface area contributed by atoms with E-state index in [0.717, 1.165) is 12.8 Å². The second kappa shape index (κ2) is 6.41. The molecule has 2 aliphatic rings. The first-order chi connectivity index (χ1) is 7.97. The van der Waals surface area contributed by atoms with E-state index in [2.05, 4.69) is 28.4 Å². The normalized spacial score (nSPS) is 33.0. The molecule has 0 bridgehead atoms. The quantitative estimate of drug-likeness (QED) is 0.632. The summed E-state index contributed by atoms with van der Waals surface area (Å²) in [7, 11) is 0. The molecule has 1 aliphatic carbocycles. The highest BCUT2D eigenvalue weighted by molar-refractivity contribution is 6.00. The summed E-state index contributed by atoms with van der Waals surface area (Å²) in [6.45, 7) is 0. The minimum Gasteiger partial charge on any atom is -0.163 e. The fourth-order valence-corrected chi connectivity index (χ4v) is 2.15. The van der Waals surface area contributed by atoms with Gasteiger partial charge in [-0.25, -0.2) is 0 Å². The van der Waals surface area contributed by atoms with Crippen molar-refractivity contribution < 1.29 is 0 Å². The Bertz CT molecular complexity index is 301. The standard InChI is InChI=1S/C14H20N2/c1-2-5-9-13(10-6-3-1)14-11-7-4-8-12-15-16-14/h2,5,9,12H,1,3-4,6-8,10-11H2/b5-2-,13-9-,15-12-,16-14+. The number of allylic oxidation sites excluding steroid dienone is 4. The first-order valence-corrected chi connectivity index (χ1v) is 6.41. The molecular formula is C14H20N2. The summed E-state index contributed by atoms with van der Waals surface area (Å²) < 4.78 is 0. The lowest BCUT2D eigenvalue weighted by atomic mass is 9.96. The van der Waals surface area contributed by atoms with Gasteiger partial charge in [-0.3, -0.25) is 0 Å². The third-order valence-corrected chi connectivity index (χ3v) is 3.13. The van der Waals surface area contributed by atoms with Crippen LogP contribution in [0.25, 0.3) is 0 Å². The zero-order chi connectivity index (χ0) is 11.1. The second-order valence-corrected chi connectivity index (χ2v) is 4.46. The molecule has 0 aromatic rings. The molecule has 0 aromatic heterocycles. The molecule has 2 heteroatoms. The van der Waals surface area contributed by atoms with Crippen LogP contribution >= 0.6 is 0 Å². The van der Waals surface area contributed by atoms with Crippen molar-refractivity contribution >= 4 is 11.9 Å². The van der Waals surface area contributed by atoms with E-state index in [0.29, 0.717) is 0 Å². The van der Waals surface area contributed by atoms with Crippen molar-refractivity contribution in [2.24, 2.45) is 10.2 Å². The lowest BCUT2D eigenvalue weighted by Gasteiger charge is -2.12. The Labute approximate surface area is 97.9 Å². The highest BCUT2D eigenvalue weighted by Gasteiger charge is 2.08. The van der Waals surface area contributed by atoms with E-state index in [-0.39, 0.29) is 0 Å². The lowest BCUT2D eigenvalue weighted by molar-refractivity contribution is 0.740. The molecule has 2 nitrogen and oxygen atoms in total. The number of rotatable bonds is 1. The first kappa shape index (κ1) is 11.3. The molecule has 0 N–H and O–H groups in total. The number of hydrogen-bond donors (Lipinski definition) is 0. The predicted molar refractivity (Wildman–Crippen MR) is 70.1 cm³/mol. The topological polar surface area (TPSA) is 24.7 Å². The van der Waals surface area contributed by atoms with E-state index in [1.807, 2.05) is 6.21 Å². The monoisotopic (exact) mass is 216 g/mol. The minimum absolute atomic E-state index is 1.08. The molecule has 0 amide bonds. The van der Waals surface area contributed by atoms with Crippen molar-refractivity contribution in [3.63, 3.8) is 0 Å². The van der Waals surface area contributed by atoms with Gasteiger partial charge in [0.25, 0.3) is 0 Å². The van der Waals surface area contributed by atoms with E-state index >= 15 is 0 Å². The van der Waals surface area contributed by atoms with E-state index in [9.17, 15) is 0 Å². The number of nitrogens with zero attached hydrogens (tertiary/aromatic N) is 2. The maximum Gasteiger partial charge on any atom is 0.0662 e. The van der Waals surface area contributed by atoms with Crippen LogP contribution in [0.15, 0.2) is 34.0 Å². The summed E-state index contributed by atoms with van der Waals surface area (Å²) in [4.78, 5) is 0. The molecule has 2 rings (SSSR count). The van der Waals surface area contributed by atoms with Crippen molar-refractivity contribution in [3.05, 3.63) is 23.8 Å². The Kier molecular flexibility index (Phi) is 4.53. The van der Waals surface area contributed by atoms with E-state index in [1.54, 1.807) is 0 Å². The van der Waals surface area contributed by atoms with Gasteiger partial charge in [-0.1, -0.05) is 18.2 Å². The van der Waals surface area contributed by atoms with Gasteiger partial charge >= 0.3 is 0 Å². The SMILES string of the molecule is C1=C\CCCCC(/C2=N/N=C\CCCC2)=C/1. The van der Waals surface area contributed by atoms with Gasteiger partial charge in [0.1, 0.15) is 0 Å². The van der Waals surface area contributed by atoms with Gasteiger partial charge in [-0.2, -0.15) is 10.2 Å². The Hall–Kier alpha value is -1.18. The third kappa shape index (κ3) is 3.44. The van der Waals surface area contributed by atoms with Crippen LogP contribution in [0.4, 0.5) is 0 Å². The van der Waals surface area contributed by atoms with Gasteiger partial charge in [0, 0.05) is 6.21 Å². The smallest absolute Gasteiger partial charge is 0.0662 e.